The Labute approximate surface area is 118 Å². The topological polar surface area (TPSA) is 83.5 Å². The van der Waals surface area contributed by atoms with Crippen molar-refractivity contribution in [2.24, 2.45) is 0 Å². The number of carboxylic acids is 1. The predicted octanol–water partition coefficient (Wildman–Crippen LogP) is 2.03. The van der Waals surface area contributed by atoms with Crippen molar-refractivity contribution in [3.63, 3.8) is 0 Å². The molecule has 0 spiro atoms. The summed E-state index contributed by atoms with van der Waals surface area (Å²) < 4.78 is 26.3. The number of hydrogen-bond donors (Lipinski definition) is 2. The zero-order valence-corrected chi connectivity index (χ0v) is 12.1. The van der Waals surface area contributed by atoms with Crippen LogP contribution in [0.25, 0.3) is 6.08 Å². The molecule has 0 aliphatic carbocycles. The molecule has 0 radical (unpaired) electrons. The number of sulfonamides is 1. The van der Waals surface area contributed by atoms with E-state index in [1.54, 1.807) is 18.2 Å². The number of benzene rings is 1. The first-order valence-corrected chi connectivity index (χ1v) is 7.44. The van der Waals surface area contributed by atoms with Crippen molar-refractivity contribution in [3.05, 3.63) is 47.6 Å². The fraction of sp³-hybridized carbons (Fsp3) is 0.214. The molecule has 0 fully saturated rings. The van der Waals surface area contributed by atoms with Gasteiger partial charge in [-0.05, 0) is 37.6 Å². The lowest BCUT2D eigenvalue weighted by Crippen LogP contribution is -2.23. The Morgan fingerprint density at radius 1 is 1.25 bits per heavy atom. The number of carboxylic acid groups (broad SMARTS) is 1. The summed E-state index contributed by atoms with van der Waals surface area (Å²) in [4.78, 5) is 10.5. The summed E-state index contributed by atoms with van der Waals surface area (Å²) in [6.45, 7) is 4.01. The molecule has 0 heterocycles. The zero-order valence-electron chi connectivity index (χ0n) is 11.3. The molecule has 0 aliphatic heterocycles. The van der Waals surface area contributed by atoms with E-state index in [-0.39, 0.29) is 11.4 Å². The SMILES string of the molecule is CC(C)=CCNS(=O)(=O)c1ccc(/C=C/C(=O)O)cc1. The second-order valence-corrected chi connectivity index (χ2v) is 6.14. The summed E-state index contributed by atoms with van der Waals surface area (Å²) in [6, 6.07) is 5.97. The highest BCUT2D eigenvalue weighted by molar-refractivity contribution is 7.89. The minimum Gasteiger partial charge on any atom is -0.478 e. The van der Waals surface area contributed by atoms with Gasteiger partial charge in [-0.3, -0.25) is 0 Å². The largest absolute Gasteiger partial charge is 0.478 e. The molecule has 5 nitrogen and oxygen atoms in total. The predicted molar refractivity (Wildman–Crippen MR) is 77.7 cm³/mol. The first-order valence-electron chi connectivity index (χ1n) is 5.95. The first kappa shape index (κ1) is 16.1. The summed E-state index contributed by atoms with van der Waals surface area (Å²) in [5, 5.41) is 8.50. The van der Waals surface area contributed by atoms with Crippen LogP contribution in [-0.4, -0.2) is 26.0 Å². The summed E-state index contributed by atoms with van der Waals surface area (Å²) in [7, 11) is -3.54. The molecule has 0 unspecified atom stereocenters. The van der Waals surface area contributed by atoms with Crippen LogP contribution in [0.1, 0.15) is 19.4 Å². The van der Waals surface area contributed by atoms with Gasteiger partial charge in [0.25, 0.3) is 0 Å². The third-order valence-corrected chi connectivity index (χ3v) is 3.83. The lowest BCUT2D eigenvalue weighted by molar-refractivity contribution is -0.131. The van der Waals surface area contributed by atoms with Gasteiger partial charge in [0.2, 0.25) is 10.0 Å². The Hall–Kier alpha value is -1.92. The highest BCUT2D eigenvalue weighted by atomic mass is 32.2. The van der Waals surface area contributed by atoms with Gasteiger partial charge in [0.1, 0.15) is 0 Å². The lowest BCUT2D eigenvalue weighted by Gasteiger charge is -2.05. The Kier molecular flexibility index (Phi) is 5.66. The molecule has 1 aromatic carbocycles. The van der Waals surface area contributed by atoms with E-state index < -0.39 is 16.0 Å². The quantitative estimate of drug-likeness (QED) is 0.621. The molecule has 2 N–H and O–H groups in total. The molecule has 0 atom stereocenters. The molecule has 0 amide bonds. The maximum atomic E-state index is 11.9. The number of carbonyl (C=O) groups is 1. The maximum Gasteiger partial charge on any atom is 0.328 e. The fourth-order valence-electron chi connectivity index (χ4n) is 1.36. The molecule has 0 aliphatic rings. The monoisotopic (exact) mass is 295 g/mol. The first-order chi connectivity index (χ1) is 9.31. The van der Waals surface area contributed by atoms with Gasteiger partial charge >= 0.3 is 5.97 Å². The number of nitrogens with one attached hydrogen (secondary N) is 1. The van der Waals surface area contributed by atoms with Crippen LogP contribution in [0.3, 0.4) is 0 Å². The van der Waals surface area contributed by atoms with Crippen molar-refractivity contribution in [1.82, 2.24) is 4.72 Å². The number of hydrogen-bond acceptors (Lipinski definition) is 3. The van der Waals surface area contributed by atoms with Gasteiger partial charge < -0.3 is 5.11 Å². The third-order valence-electron chi connectivity index (χ3n) is 2.39. The van der Waals surface area contributed by atoms with Gasteiger partial charge in [-0.15, -0.1) is 0 Å². The summed E-state index contributed by atoms with van der Waals surface area (Å²) >= 11 is 0. The number of aliphatic carboxylic acids is 1. The maximum absolute atomic E-state index is 11.9. The second-order valence-electron chi connectivity index (χ2n) is 4.37. The minimum absolute atomic E-state index is 0.145. The van der Waals surface area contributed by atoms with Crippen LogP contribution in [0, 0.1) is 0 Å². The minimum atomic E-state index is -3.54. The van der Waals surface area contributed by atoms with Crippen molar-refractivity contribution < 1.29 is 18.3 Å². The van der Waals surface area contributed by atoms with Crippen molar-refractivity contribution in [2.75, 3.05) is 6.54 Å². The van der Waals surface area contributed by atoms with Gasteiger partial charge in [-0.25, -0.2) is 17.9 Å². The van der Waals surface area contributed by atoms with Crippen LogP contribution in [0.5, 0.6) is 0 Å². The summed E-state index contributed by atoms with van der Waals surface area (Å²) in [5.41, 5.74) is 1.65. The molecule has 0 saturated heterocycles. The van der Waals surface area contributed by atoms with Crippen molar-refractivity contribution >= 4 is 22.1 Å². The van der Waals surface area contributed by atoms with Gasteiger partial charge in [0, 0.05) is 12.6 Å². The molecule has 6 heteroatoms. The molecular formula is C14H17NO4S. The van der Waals surface area contributed by atoms with Gasteiger partial charge in [-0.2, -0.15) is 0 Å². The molecular weight excluding hydrogens is 278 g/mol. The smallest absolute Gasteiger partial charge is 0.328 e. The Bertz CT molecular complexity index is 624. The molecule has 0 bridgehead atoms. The molecule has 0 aromatic heterocycles. The van der Waals surface area contributed by atoms with E-state index >= 15 is 0 Å². The van der Waals surface area contributed by atoms with E-state index in [0.29, 0.717) is 5.56 Å². The van der Waals surface area contributed by atoms with Crippen LogP contribution in [0.4, 0.5) is 0 Å². The molecule has 1 aromatic rings. The third kappa shape index (κ3) is 5.38. The number of allylic oxidation sites excluding steroid dienone is 1. The highest BCUT2D eigenvalue weighted by Crippen LogP contribution is 2.11. The number of rotatable bonds is 6. The lowest BCUT2D eigenvalue weighted by atomic mass is 10.2. The standard InChI is InChI=1S/C14H17NO4S/c1-11(2)9-10-15-20(18,19)13-6-3-12(4-7-13)5-8-14(16)17/h3-9,15H,10H2,1-2H3,(H,16,17)/b8-5+. The summed E-state index contributed by atoms with van der Waals surface area (Å²) in [5.74, 6) is -1.05. The Balaban J connectivity index is 2.82. The van der Waals surface area contributed by atoms with Gasteiger partial charge in [0.05, 0.1) is 4.90 Å². The Morgan fingerprint density at radius 2 is 1.85 bits per heavy atom. The van der Waals surface area contributed by atoms with Gasteiger partial charge in [-0.1, -0.05) is 23.8 Å². The highest BCUT2D eigenvalue weighted by Gasteiger charge is 2.11. The molecule has 1 rings (SSSR count). The van der Waals surface area contributed by atoms with Crippen LogP contribution in [-0.2, 0) is 14.8 Å². The van der Waals surface area contributed by atoms with E-state index in [9.17, 15) is 13.2 Å². The van der Waals surface area contributed by atoms with E-state index in [2.05, 4.69) is 4.72 Å². The fourth-order valence-corrected chi connectivity index (χ4v) is 2.33. The van der Waals surface area contributed by atoms with Crippen molar-refractivity contribution in [3.8, 4) is 0 Å². The zero-order chi connectivity index (χ0) is 15.2. The van der Waals surface area contributed by atoms with Crippen LogP contribution >= 0.6 is 0 Å². The molecule has 0 saturated carbocycles. The van der Waals surface area contributed by atoms with E-state index in [0.717, 1.165) is 11.6 Å². The average Bonchev–Trinajstić information content (AvgIpc) is 2.36. The second kappa shape index (κ2) is 7.02. The van der Waals surface area contributed by atoms with Crippen LogP contribution in [0.15, 0.2) is 46.9 Å². The Morgan fingerprint density at radius 3 is 2.35 bits per heavy atom. The van der Waals surface area contributed by atoms with E-state index in [4.69, 9.17) is 5.11 Å². The van der Waals surface area contributed by atoms with Crippen LogP contribution in [0.2, 0.25) is 0 Å². The van der Waals surface area contributed by atoms with Crippen molar-refractivity contribution in [2.45, 2.75) is 18.7 Å². The normalized spacial score (nSPS) is 11.5. The van der Waals surface area contributed by atoms with E-state index in [1.807, 2.05) is 13.8 Å². The summed E-state index contributed by atoms with van der Waals surface area (Å²) in [6.07, 6.45) is 4.17. The van der Waals surface area contributed by atoms with Crippen LogP contribution < -0.4 is 4.72 Å². The van der Waals surface area contributed by atoms with Crippen molar-refractivity contribution in [1.29, 1.82) is 0 Å². The molecule has 108 valence electrons. The van der Waals surface area contributed by atoms with Gasteiger partial charge in [0.15, 0.2) is 0 Å². The molecule has 20 heavy (non-hydrogen) atoms. The van der Waals surface area contributed by atoms with E-state index in [1.165, 1.54) is 18.2 Å². The average molecular weight is 295 g/mol.